The quantitative estimate of drug-likeness (QED) is 0.837. The van der Waals surface area contributed by atoms with E-state index in [0.717, 1.165) is 22.4 Å². The zero-order valence-corrected chi connectivity index (χ0v) is 9.70. The van der Waals surface area contributed by atoms with Gasteiger partial charge in [0.2, 0.25) is 0 Å². The number of hydrogen-bond donors (Lipinski definition) is 1. The second kappa shape index (κ2) is 3.47. The van der Waals surface area contributed by atoms with Crippen LogP contribution in [-0.4, -0.2) is 20.8 Å². The Bertz CT molecular complexity index is 525. The summed E-state index contributed by atoms with van der Waals surface area (Å²) < 4.78 is 1.83. The monoisotopic (exact) mass is 216 g/mol. The number of rotatable bonds is 2. The SMILES string of the molecule is Cc1nn(C)c2ncc(NC3CCC3)cc12. The van der Waals surface area contributed by atoms with Gasteiger partial charge in [0.1, 0.15) is 0 Å². The van der Waals surface area contributed by atoms with Gasteiger partial charge in [-0.25, -0.2) is 4.98 Å². The molecule has 0 unspecified atom stereocenters. The van der Waals surface area contributed by atoms with E-state index in [4.69, 9.17) is 0 Å². The normalized spacial score (nSPS) is 16.4. The van der Waals surface area contributed by atoms with Gasteiger partial charge in [-0.05, 0) is 32.3 Å². The third-order valence-electron chi connectivity index (χ3n) is 3.34. The lowest BCUT2D eigenvalue weighted by atomic mass is 9.93. The molecular weight excluding hydrogens is 200 g/mol. The summed E-state index contributed by atoms with van der Waals surface area (Å²) in [5, 5.41) is 9.02. The fraction of sp³-hybridized carbons (Fsp3) is 0.500. The Balaban J connectivity index is 1.97. The van der Waals surface area contributed by atoms with Crippen molar-refractivity contribution in [2.45, 2.75) is 32.2 Å². The van der Waals surface area contributed by atoms with Crippen molar-refractivity contribution in [2.24, 2.45) is 7.05 Å². The van der Waals surface area contributed by atoms with Crippen LogP contribution in [0.2, 0.25) is 0 Å². The summed E-state index contributed by atoms with van der Waals surface area (Å²) in [7, 11) is 1.93. The van der Waals surface area contributed by atoms with Crippen molar-refractivity contribution >= 4 is 16.7 Å². The van der Waals surface area contributed by atoms with Crippen molar-refractivity contribution in [1.82, 2.24) is 14.8 Å². The van der Waals surface area contributed by atoms with Gasteiger partial charge in [0.15, 0.2) is 5.65 Å². The Morgan fingerprint density at radius 3 is 2.94 bits per heavy atom. The van der Waals surface area contributed by atoms with E-state index >= 15 is 0 Å². The van der Waals surface area contributed by atoms with Crippen LogP contribution in [0.1, 0.15) is 25.0 Å². The largest absolute Gasteiger partial charge is 0.381 e. The van der Waals surface area contributed by atoms with Crippen LogP contribution in [0.3, 0.4) is 0 Å². The van der Waals surface area contributed by atoms with Crippen LogP contribution in [0.25, 0.3) is 11.0 Å². The van der Waals surface area contributed by atoms with Gasteiger partial charge in [0, 0.05) is 18.5 Å². The van der Waals surface area contributed by atoms with E-state index in [9.17, 15) is 0 Å². The summed E-state index contributed by atoms with van der Waals surface area (Å²) >= 11 is 0. The number of nitrogens with one attached hydrogen (secondary N) is 1. The minimum Gasteiger partial charge on any atom is -0.381 e. The topological polar surface area (TPSA) is 42.7 Å². The number of anilines is 1. The molecule has 4 heteroatoms. The molecular formula is C12H16N4. The Morgan fingerprint density at radius 1 is 1.44 bits per heavy atom. The molecule has 0 bridgehead atoms. The molecule has 1 aliphatic rings. The number of pyridine rings is 1. The lowest BCUT2D eigenvalue weighted by Gasteiger charge is -2.27. The van der Waals surface area contributed by atoms with Gasteiger partial charge in [-0.3, -0.25) is 4.68 Å². The summed E-state index contributed by atoms with van der Waals surface area (Å²) in [5.74, 6) is 0. The third kappa shape index (κ3) is 1.45. The summed E-state index contributed by atoms with van der Waals surface area (Å²) in [6, 6.07) is 2.81. The van der Waals surface area contributed by atoms with Gasteiger partial charge in [-0.2, -0.15) is 5.10 Å². The van der Waals surface area contributed by atoms with Gasteiger partial charge < -0.3 is 5.32 Å². The highest BCUT2D eigenvalue weighted by atomic mass is 15.3. The number of nitrogens with zero attached hydrogens (tertiary/aromatic N) is 3. The number of hydrogen-bond acceptors (Lipinski definition) is 3. The van der Waals surface area contributed by atoms with Crippen LogP contribution in [0.4, 0.5) is 5.69 Å². The van der Waals surface area contributed by atoms with Gasteiger partial charge in [-0.1, -0.05) is 0 Å². The second-order valence-electron chi connectivity index (χ2n) is 4.58. The molecule has 1 fully saturated rings. The number of aromatic nitrogens is 3. The third-order valence-corrected chi connectivity index (χ3v) is 3.34. The highest BCUT2D eigenvalue weighted by Gasteiger charge is 2.17. The molecule has 3 rings (SSSR count). The van der Waals surface area contributed by atoms with Gasteiger partial charge in [-0.15, -0.1) is 0 Å². The molecule has 16 heavy (non-hydrogen) atoms. The zero-order valence-electron chi connectivity index (χ0n) is 9.70. The smallest absolute Gasteiger partial charge is 0.157 e. The van der Waals surface area contributed by atoms with Crippen molar-refractivity contribution in [1.29, 1.82) is 0 Å². The summed E-state index contributed by atoms with van der Waals surface area (Å²) in [4.78, 5) is 4.45. The number of fused-ring (bicyclic) bond motifs is 1. The molecule has 84 valence electrons. The summed E-state index contributed by atoms with van der Waals surface area (Å²) in [6.45, 7) is 2.02. The Kier molecular flexibility index (Phi) is 2.09. The van der Waals surface area contributed by atoms with E-state index in [-0.39, 0.29) is 0 Å². The van der Waals surface area contributed by atoms with E-state index in [0.29, 0.717) is 6.04 Å². The first-order valence-corrected chi connectivity index (χ1v) is 5.80. The molecule has 0 spiro atoms. The predicted octanol–water partition coefficient (Wildman–Crippen LogP) is 2.24. The van der Waals surface area contributed by atoms with Crippen molar-refractivity contribution in [3.63, 3.8) is 0 Å². The van der Waals surface area contributed by atoms with Gasteiger partial charge in [0.05, 0.1) is 17.6 Å². The van der Waals surface area contributed by atoms with E-state index in [1.807, 2.05) is 24.9 Å². The lowest BCUT2D eigenvalue weighted by Crippen LogP contribution is -2.26. The molecule has 0 atom stereocenters. The van der Waals surface area contributed by atoms with E-state index in [1.165, 1.54) is 19.3 Å². The highest BCUT2D eigenvalue weighted by Crippen LogP contribution is 2.25. The first-order chi connectivity index (χ1) is 7.74. The van der Waals surface area contributed by atoms with Crippen molar-refractivity contribution in [3.05, 3.63) is 18.0 Å². The van der Waals surface area contributed by atoms with Gasteiger partial charge in [0.25, 0.3) is 0 Å². The molecule has 0 saturated heterocycles. The van der Waals surface area contributed by atoms with Crippen molar-refractivity contribution < 1.29 is 0 Å². The molecule has 0 amide bonds. The highest BCUT2D eigenvalue weighted by molar-refractivity contribution is 5.81. The molecule has 1 aliphatic carbocycles. The van der Waals surface area contributed by atoms with E-state index in [1.54, 1.807) is 0 Å². The average molecular weight is 216 g/mol. The first-order valence-electron chi connectivity index (χ1n) is 5.80. The molecule has 0 radical (unpaired) electrons. The Labute approximate surface area is 94.7 Å². The van der Waals surface area contributed by atoms with Gasteiger partial charge >= 0.3 is 0 Å². The standard InChI is InChI=1S/C12H16N4/c1-8-11-6-10(14-9-4-3-5-9)7-13-12(11)16(2)15-8/h6-7,9,14H,3-5H2,1-2H3. The molecule has 2 aromatic rings. The first kappa shape index (κ1) is 9.63. The molecule has 0 aliphatic heterocycles. The number of aryl methyl sites for hydroxylation is 2. The summed E-state index contributed by atoms with van der Waals surface area (Å²) in [5.41, 5.74) is 3.12. The van der Waals surface area contributed by atoms with Crippen LogP contribution in [0, 0.1) is 6.92 Å². The molecule has 1 saturated carbocycles. The molecule has 2 heterocycles. The minimum atomic E-state index is 0.649. The molecule has 0 aromatic carbocycles. The fourth-order valence-corrected chi connectivity index (χ4v) is 2.18. The maximum atomic E-state index is 4.45. The Morgan fingerprint density at radius 2 is 2.25 bits per heavy atom. The summed E-state index contributed by atoms with van der Waals surface area (Å²) in [6.07, 6.45) is 5.81. The van der Waals surface area contributed by atoms with Crippen LogP contribution in [-0.2, 0) is 7.05 Å². The average Bonchev–Trinajstić information content (AvgIpc) is 2.49. The Hall–Kier alpha value is -1.58. The molecule has 4 nitrogen and oxygen atoms in total. The van der Waals surface area contributed by atoms with Crippen LogP contribution in [0.15, 0.2) is 12.3 Å². The van der Waals surface area contributed by atoms with Crippen LogP contribution < -0.4 is 5.32 Å². The minimum absolute atomic E-state index is 0.649. The maximum absolute atomic E-state index is 4.45. The zero-order chi connectivity index (χ0) is 11.1. The fourth-order valence-electron chi connectivity index (χ4n) is 2.18. The van der Waals surface area contributed by atoms with E-state index in [2.05, 4.69) is 21.5 Å². The van der Waals surface area contributed by atoms with Crippen LogP contribution >= 0.6 is 0 Å². The predicted molar refractivity (Wildman–Crippen MR) is 64.5 cm³/mol. The van der Waals surface area contributed by atoms with Crippen LogP contribution in [0.5, 0.6) is 0 Å². The van der Waals surface area contributed by atoms with Crippen molar-refractivity contribution in [3.8, 4) is 0 Å². The lowest BCUT2D eigenvalue weighted by molar-refractivity contribution is 0.445. The van der Waals surface area contributed by atoms with Crippen molar-refractivity contribution in [2.75, 3.05) is 5.32 Å². The van der Waals surface area contributed by atoms with E-state index < -0.39 is 0 Å². The second-order valence-corrected chi connectivity index (χ2v) is 4.58. The molecule has 1 N–H and O–H groups in total. The maximum Gasteiger partial charge on any atom is 0.157 e. The molecule has 2 aromatic heterocycles.